The van der Waals surface area contributed by atoms with Gasteiger partial charge in [-0.1, -0.05) is 0 Å². The van der Waals surface area contributed by atoms with E-state index in [4.69, 9.17) is 4.74 Å². The first kappa shape index (κ1) is 18.1. The van der Waals surface area contributed by atoms with Crippen molar-refractivity contribution in [1.82, 2.24) is 15.6 Å². The normalized spacial score (nSPS) is 11.3. The number of benzene rings is 2. The Morgan fingerprint density at radius 1 is 1.22 bits per heavy atom. The molecule has 0 atom stereocenters. The Hall–Kier alpha value is -3.68. The minimum atomic E-state index is -0.471. The molecule has 8 heteroatoms. The second-order valence-corrected chi connectivity index (χ2v) is 5.70. The second kappa shape index (κ2) is 7.69. The molecule has 0 aliphatic heterocycles. The Labute approximate surface area is 154 Å². The Bertz CT molecular complexity index is 996. The third-order valence-electron chi connectivity index (χ3n) is 3.89. The Morgan fingerprint density at radius 3 is 2.67 bits per heavy atom. The van der Waals surface area contributed by atoms with Gasteiger partial charge < -0.3 is 9.84 Å². The molecule has 3 aromatic rings. The zero-order valence-corrected chi connectivity index (χ0v) is 14.7. The predicted octanol–water partition coefficient (Wildman–Crippen LogP) is 3.08. The number of phenols is 1. The van der Waals surface area contributed by atoms with Gasteiger partial charge in [-0.15, -0.1) is 0 Å². The van der Waals surface area contributed by atoms with Crippen LogP contribution in [0, 0.1) is 5.82 Å². The summed E-state index contributed by atoms with van der Waals surface area (Å²) < 4.78 is 18.0. The summed E-state index contributed by atoms with van der Waals surface area (Å²) in [7, 11) is 1.45. The van der Waals surface area contributed by atoms with Crippen LogP contribution in [0.2, 0.25) is 0 Å². The minimum Gasteiger partial charge on any atom is -0.504 e. The van der Waals surface area contributed by atoms with E-state index in [0.717, 1.165) is 0 Å². The molecule has 7 nitrogen and oxygen atoms in total. The lowest BCUT2D eigenvalue weighted by Gasteiger charge is -2.06. The van der Waals surface area contributed by atoms with Crippen LogP contribution in [0.4, 0.5) is 4.39 Å². The lowest BCUT2D eigenvalue weighted by atomic mass is 10.1. The molecule has 0 aliphatic carbocycles. The van der Waals surface area contributed by atoms with Crippen molar-refractivity contribution in [2.24, 2.45) is 5.10 Å². The number of halogens is 1. The first-order valence-electron chi connectivity index (χ1n) is 8.01. The molecule has 0 unspecified atom stereocenters. The summed E-state index contributed by atoms with van der Waals surface area (Å²) in [5.41, 5.74) is 5.06. The van der Waals surface area contributed by atoms with Crippen LogP contribution in [0.1, 0.15) is 23.0 Å². The van der Waals surface area contributed by atoms with Crippen LogP contribution in [0.25, 0.3) is 11.3 Å². The van der Waals surface area contributed by atoms with Crippen molar-refractivity contribution in [3.05, 3.63) is 65.6 Å². The molecule has 0 bridgehead atoms. The van der Waals surface area contributed by atoms with Crippen molar-refractivity contribution in [2.75, 3.05) is 7.11 Å². The van der Waals surface area contributed by atoms with Crippen LogP contribution in [0.3, 0.4) is 0 Å². The molecule has 138 valence electrons. The van der Waals surface area contributed by atoms with Gasteiger partial charge in [0.05, 0.1) is 18.5 Å². The smallest absolute Gasteiger partial charge is 0.289 e. The van der Waals surface area contributed by atoms with Gasteiger partial charge in [-0.05, 0) is 55.5 Å². The largest absolute Gasteiger partial charge is 0.504 e. The zero-order valence-electron chi connectivity index (χ0n) is 14.7. The highest BCUT2D eigenvalue weighted by atomic mass is 19.1. The highest BCUT2D eigenvalue weighted by Crippen LogP contribution is 2.26. The highest BCUT2D eigenvalue weighted by Gasteiger charge is 2.11. The summed E-state index contributed by atoms with van der Waals surface area (Å²) in [4.78, 5) is 12.2. The molecule has 1 aromatic heterocycles. The van der Waals surface area contributed by atoms with Gasteiger partial charge in [-0.2, -0.15) is 10.2 Å². The van der Waals surface area contributed by atoms with E-state index in [1.165, 1.54) is 25.3 Å². The van der Waals surface area contributed by atoms with E-state index in [-0.39, 0.29) is 17.3 Å². The summed E-state index contributed by atoms with van der Waals surface area (Å²) in [5, 5.41) is 20.4. The summed E-state index contributed by atoms with van der Waals surface area (Å²) in [6, 6.07) is 12.1. The number of methoxy groups -OCH3 is 1. The van der Waals surface area contributed by atoms with Gasteiger partial charge in [0.15, 0.2) is 11.5 Å². The molecule has 0 radical (unpaired) electrons. The number of amides is 1. The number of hydrogen-bond donors (Lipinski definition) is 3. The molecule has 3 rings (SSSR count). The highest BCUT2D eigenvalue weighted by molar-refractivity contribution is 6.01. The quantitative estimate of drug-likeness (QED) is 0.476. The van der Waals surface area contributed by atoms with E-state index in [0.29, 0.717) is 28.3 Å². The molecule has 27 heavy (non-hydrogen) atoms. The molecule has 0 saturated carbocycles. The van der Waals surface area contributed by atoms with Gasteiger partial charge in [0.2, 0.25) is 0 Å². The van der Waals surface area contributed by atoms with E-state index in [9.17, 15) is 14.3 Å². The van der Waals surface area contributed by atoms with Crippen LogP contribution >= 0.6 is 0 Å². The first-order chi connectivity index (χ1) is 13.0. The monoisotopic (exact) mass is 368 g/mol. The number of carbonyl (C=O) groups is 1. The molecule has 0 saturated heterocycles. The molecule has 0 spiro atoms. The lowest BCUT2D eigenvalue weighted by Crippen LogP contribution is -2.19. The molecular weight excluding hydrogens is 351 g/mol. The minimum absolute atomic E-state index is 0.0175. The van der Waals surface area contributed by atoms with Crippen LogP contribution in [0.15, 0.2) is 53.6 Å². The number of nitrogens with zero attached hydrogens (tertiary/aromatic N) is 2. The number of aromatic hydroxyl groups is 1. The van der Waals surface area contributed by atoms with Gasteiger partial charge in [-0.3, -0.25) is 9.89 Å². The van der Waals surface area contributed by atoms with E-state index < -0.39 is 5.91 Å². The van der Waals surface area contributed by atoms with E-state index in [1.807, 2.05) is 0 Å². The van der Waals surface area contributed by atoms with Crippen LogP contribution in [0.5, 0.6) is 11.5 Å². The summed E-state index contributed by atoms with van der Waals surface area (Å²) in [6.45, 7) is 1.71. The third kappa shape index (κ3) is 4.12. The van der Waals surface area contributed by atoms with E-state index in [2.05, 4.69) is 20.7 Å². The SMILES string of the molecule is COc1cc(/C(C)=N\NC(=O)c2cc(-c3ccc(F)cc3)n[nH]2)ccc1O. The molecule has 0 aliphatic rings. The average Bonchev–Trinajstić information content (AvgIpc) is 3.17. The van der Waals surface area contributed by atoms with Gasteiger partial charge in [0.25, 0.3) is 5.91 Å². The van der Waals surface area contributed by atoms with Crippen molar-refractivity contribution in [3.8, 4) is 22.8 Å². The summed E-state index contributed by atoms with van der Waals surface area (Å²) in [6.07, 6.45) is 0. The molecule has 2 aromatic carbocycles. The molecule has 1 heterocycles. The fourth-order valence-corrected chi connectivity index (χ4v) is 2.37. The van der Waals surface area contributed by atoms with Gasteiger partial charge in [0.1, 0.15) is 11.5 Å². The number of aromatic nitrogens is 2. The van der Waals surface area contributed by atoms with Crippen LogP contribution < -0.4 is 10.2 Å². The molecule has 0 fully saturated rings. The Balaban J connectivity index is 1.72. The standard InChI is InChI=1S/C19H17FN4O3/c1-11(13-5-8-17(25)18(9-13)27-2)21-24-19(26)16-10-15(22-23-16)12-3-6-14(20)7-4-12/h3-10,25H,1-2H3,(H,22,23)(H,24,26)/b21-11-. The number of carbonyl (C=O) groups excluding carboxylic acids is 1. The van der Waals surface area contributed by atoms with Crippen LogP contribution in [-0.2, 0) is 0 Å². The number of H-pyrrole nitrogens is 1. The maximum atomic E-state index is 13.0. The number of phenolic OH excluding ortho intramolecular Hbond substituents is 1. The maximum absolute atomic E-state index is 13.0. The lowest BCUT2D eigenvalue weighted by molar-refractivity contribution is 0.0950. The van der Waals surface area contributed by atoms with Crippen LogP contribution in [-0.4, -0.2) is 34.0 Å². The van der Waals surface area contributed by atoms with Crippen molar-refractivity contribution in [1.29, 1.82) is 0 Å². The number of ether oxygens (including phenoxy) is 1. The maximum Gasteiger partial charge on any atom is 0.289 e. The zero-order chi connectivity index (χ0) is 19.4. The molecule has 3 N–H and O–H groups in total. The number of rotatable bonds is 5. The first-order valence-corrected chi connectivity index (χ1v) is 8.01. The van der Waals surface area contributed by atoms with Crippen molar-refractivity contribution in [3.63, 3.8) is 0 Å². The number of nitrogens with one attached hydrogen (secondary N) is 2. The Kier molecular flexibility index (Phi) is 5.16. The van der Waals surface area contributed by atoms with Crippen molar-refractivity contribution < 1.29 is 19.0 Å². The van der Waals surface area contributed by atoms with E-state index >= 15 is 0 Å². The van der Waals surface area contributed by atoms with Crippen molar-refractivity contribution in [2.45, 2.75) is 6.92 Å². The van der Waals surface area contributed by atoms with E-state index in [1.54, 1.807) is 37.3 Å². The Morgan fingerprint density at radius 2 is 1.96 bits per heavy atom. The van der Waals surface area contributed by atoms with Gasteiger partial charge in [-0.25, -0.2) is 9.82 Å². The molecular formula is C19H17FN4O3. The average molecular weight is 368 g/mol. The summed E-state index contributed by atoms with van der Waals surface area (Å²) in [5.74, 6) is -0.487. The third-order valence-corrected chi connectivity index (χ3v) is 3.89. The topological polar surface area (TPSA) is 99.6 Å². The van der Waals surface area contributed by atoms with Crippen molar-refractivity contribution >= 4 is 11.6 Å². The number of aromatic amines is 1. The van der Waals surface area contributed by atoms with Gasteiger partial charge in [0, 0.05) is 11.1 Å². The second-order valence-electron chi connectivity index (χ2n) is 5.70. The predicted molar refractivity (Wildman–Crippen MR) is 98.3 cm³/mol. The molecule has 1 amide bonds. The number of hydrogen-bond acceptors (Lipinski definition) is 5. The fraction of sp³-hybridized carbons (Fsp3) is 0.105. The fourth-order valence-electron chi connectivity index (χ4n) is 2.37. The number of hydrazone groups is 1. The summed E-state index contributed by atoms with van der Waals surface area (Å²) >= 11 is 0. The van der Waals surface area contributed by atoms with Gasteiger partial charge >= 0.3 is 0 Å².